The first-order chi connectivity index (χ1) is 7.13. The molecule has 0 heterocycles. The van der Waals surface area contributed by atoms with Crippen LogP contribution < -0.4 is 0 Å². The summed E-state index contributed by atoms with van der Waals surface area (Å²) in [6.45, 7) is 3.76. The van der Waals surface area contributed by atoms with E-state index in [1.54, 1.807) is 0 Å². The van der Waals surface area contributed by atoms with E-state index in [0.29, 0.717) is 0 Å². The molecule has 1 atom stereocenters. The molecule has 0 aromatic heterocycles. The van der Waals surface area contributed by atoms with E-state index >= 15 is 0 Å². The predicted molar refractivity (Wildman–Crippen MR) is 61.6 cm³/mol. The van der Waals surface area contributed by atoms with E-state index in [1.165, 1.54) is 19.3 Å². The van der Waals surface area contributed by atoms with Crippen LogP contribution in [0.5, 0.6) is 0 Å². The Morgan fingerprint density at radius 1 is 1.27 bits per heavy atom. The van der Waals surface area contributed by atoms with Gasteiger partial charge in [0, 0.05) is 0 Å². The summed E-state index contributed by atoms with van der Waals surface area (Å²) in [7, 11) is 0. The van der Waals surface area contributed by atoms with Crippen molar-refractivity contribution in [3.8, 4) is 0 Å². The van der Waals surface area contributed by atoms with Crippen LogP contribution in [-0.2, 0) is 4.79 Å². The molecule has 2 nitrogen and oxygen atoms in total. The van der Waals surface area contributed by atoms with E-state index < -0.39 is 6.10 Å². The summed E-state index contributed by atoms with van der Waals surface area (Å²) in [6.07, 6.45) is 7.81. The molecule has 0 aromatic rings. The number of allylic oxidation sites excluding steroid dienone is 1. The van der Waals surface area contributed by atoms with Crippen molar-refractivity contribution < 1.29 is 9.90 Å². The Balaban J connectivity index is 2.63. The molecule has 86 valence electrons. The molecule has 15 heavy (non-hydrogen) atoms. The number of aliphatic hydroxyl groups excluding tert-OH is 1. The summed E-state index contributed by atoms with van der Waals surface area (Å²) >= 11 is 0. The Labute approximate surface area is 92.4 Å². The van der Waals surface area contributed by atoms with Crippen LogP contribution in [0.1, 0.15) is 52.4 Å². The van der Waals surface area contributed by atoms with Crippen LogP contribution in [0, 0.1) is 5.92 Å². The monoisotopic (exact) mass is 210 g/mol. The third-order valence-electron chi connectivity index (χ3n) is 3.01. The molecule has 0 spiro atoms. The zero-order valence-corrected chi connectivity index (χ0v) is 9.83. The molecule has 0 bridgehead atoms. The third kappa shape index (κ3) is 3.78. The number of rotatable bonds is 3. The van der Waals surface area contributed by atoms with Crippen molar-refractivity contribution in [1.29, 1.82) is 0 Å². The van der Waals surface area contributed by atoms with Crippen LogP contribution in [0.3, 0.4) is 0 Å². The smallest absolute Gasteiger partial charge is 0.187 e. The average Bonchev–Trinajstić information content (AvgIpc) is 2.15. The lowest BCUT2D eigenvalue weighted by molar-refractivity contribution is -0.125. The van der Waals surface area contributed by atoms with Crippen molar-refractivity contribution in [2.75, 3.05) is 0 Å². The van der Waals surface area contributed by atoms with Gasteiger partial charge in [0.05, 0.1) is 0 Å². The number of carbonyl (C=O) groups excluding carboxylic acids is 1. The molecule has 0 saturated heterocycles. The molecule has 0 saturated carbocycles. The van der Waals surface area contributed by atoms with Gasteiger partial charge < -0.3 is 5.11 Å². The van der Waals surface area contributed by atoms with E-state index in [0.717, 1.165) is 24.8 Å². The second-order valence-corrected chi connectivity index (χ2v) is 4.74. The first-order valence-corrected chi connectivity index (χ1v) is 6.04. The maximum absolute atomic E-state index is 11.9. The minimum absolute atomic E-state index is 0.0174. The fraction of sp³-hybridized carbons (Fsp3) is 0.769. The molecule has 1 aliphatic carbocycles. The fourth-order valence-electron chi connectivity index (χ4n) is 1.91. The first-order valence-electron chi connectivity index (χ1n) is 6.04. The molecule has 0 aliphatic heterocycles. The Kier molecular flexibility index (Phi) is 5.03. The first kappa shape index (κ1) is 12.4. The minimum atomic E-state index is -0.810. The van der Waals surface area contributed by atoms with Crippen molar-refractivity contribution in [3.05, 3.63) is 11.6 Å². The summed E-state index contributed by atoms with van der Waals surface area (Å²) in [5, 5.41) is 9.72. The molecule has 0 fully saturated rings. The highest BCUT2D eigenvalue weighted by Gasteiger charge is 2.22. The van der Waals surface area contributed by atoms with Crippen LogP contribution in [-0.4, -0.2) is 17.0 Å². The summed E-state index contributed by atoms with van der Waals surface area (Å²) in [4.78, 5) is 11.9. The van der Waals surface area contributed by atoms with Gasteiger partial charge in [-0.1, -0.05) is 32.8 Å². The van der Waals surface area contributed by atoms with E-state index in [9.17, 15) is 9.90 Å². The van der Waals surface area contributed by atoms with Gasteiger partial charge in [0.1, 0.15) is 6.10 Å². The van der Waals surface area contributed by atoms with Crippen LogP contribution >= 0.6 is 0 Å². The number of carbonyl (C=O) groups is 1. The van der Waals surface area contributed by atoms with E-state index in [-0.39, 0.29) is 11.7 Å². The molecule has 0 aromatic carbocycles. The van der Waals surface area contributed by atoms with Crippen molar-refractivity contribution >= 4 is 5.78 Å². The average molecular weight is 210 g/mol. The van der Waals surface area contributed by atoms with Gasteiger partial charge in [-0.3, -0.25) is 4.79 Å². The fourth-order valence-corrected chi connectivity index (χ4v) is 1.91. The Hall–Kier alpha value is -0.630. The molecule has 1 unspecified atom stereocenters. The predicted octanol–water partition coefficient (Wildman–Crippen LogP) is 2.85. The van der Waals surface area contributed by atoms with Crippen molar-refractivity contribution in [3.63, 3.8) is 0 Å². The van der Waals surface area contributed by atoms with Gasteiger partial charge in [-0.05, 0) is 37.2 Å². The molecule has 1 aliphatic rings. The molecular weight excluding hydrogens is 188 g/mol. The van der Waals surface area contributed by atoms with E-state index in [4.69, 9.17) is 0 Å². The van der Waals surface area contributed by atoms with E-state index in [2.05, 4.69) is 0 Å². The zero-order chi connectivity index (χ0) is 11.3. The summed E-state index contributed by atoms with van der Waals surface area (Å²) < 4.78 is 0. The maximum atomic E-state index is 11.9. The van der Waals surface area contributed by atoms with Gasteiger partial charge in [-0.25, -0.2) is 0 Å². The molecule has 2 heteroatoms. The highest BCUT2D eigenvalue weighted by Crippen LogP contribution is 2.20. The second kappa shape index (κ2) is 6.06. The molecule has 0 radical (unpaired) electrons. The lowest BCUT2D eigenvalue weighted by Crippen LogP contribution is -2.27. The van der Waals surface area contributed by atoms with Crippen LogP contribution in [0.15, 0.2) is 11.6 Å². The number of hydrogen-bond acceptors (Lipinski definition) is 2. The highest BCUT2D eigenvalue weighted by molar-refractivity contribution is 5.98. The maximum Gasteiger partial charge on any atom is 0.187 e. The Morgan fingerprint density at radius 3 is 2.60 bits per heavy atom. The SMILES string of the molecule is CC(C)C(O)C(=O)C1=CCCCCCC1. The Bertz CT molecular complexity index is 241. The van der Waals surface area contributed by atoms with Crippen molar-refractivity contribution in [2.45, 2.75) is 58.5 Å². The number of hydrogen-bond donors (Lipinski definition) is 1. The van der Waals surface area contributed by atoms with E-state index in [1.807, 2.05) is 19.9 Å². The van der Waals surface area contributed by atoms with Gasteiger partial charge >= 0.3 is 0 Å². The second-order valence-electron chi connectivity index (χ2n) is 4.74. The number of ketones is 1. The van der Waals surface area contributed by atoms with Gasteiger partial charge in [0.15, 0.2) is 5.78 Å². The third-order valence-corrected chi connectivity index (χ3v) is 3.01. The lowest BCUT2D eigenvalue weighted by atomic mass is 9.91. The Morgan fingerprint density at radius 2 is 1.93 bits per heavy atom. The van der Waals surface area contributed by atoms with Crippen LogP contribution in [0.25, 0.3) is 0 Å². The molecule has 0 amide bonds. The lowest BCUT2D eigenvalue weighted by Gasteiger charge is -2.16. The van der Waals surface area contributed by atoms with Gasteiger partial charge in [0.2, 0.25) is 0 Å². The number of Topliss-reactive ketones (excluding diaryl/α,β-unsaturated/α-hetero) is 1. The summed E-state index contributed by atoms with van der Waals surface area (Å²) in [6, 6.07) is 0. The normalized spacial score (nSPS) is 20.4. The van der Waals surface area contributed by atoms with Gasteiger partial charge in [0.25, 0.3) is 0 Å². The van der Waals surface area contributed by atoms with Crippen molar-refractivity contribution in [1.82, 2.24) is 0 Å². The van der Waals surface area contributed by atoms with Gasteiger partial charge in [-0.2, -0.15) is 0 Å². The number of aliphatic hydroxyl groups is 1. The standard InChI is InChI=1S/C13H22O2/c1-10(2)12(14)13(15)11-8-6-4-3-5-7-9-11/h8,10,12,14H,3-7,9H2,1-2H3. The van der Waals surface area contributed by atoms with Crippen molar-refractivity contribution in [2.24, 2.45) is 5.92 Å². The molecule has 1 N–H and O–H groups in total. The minimum Gasteiger partial charge on any atom is -0.385 e. The quantitative estimate of drug-likeness (QED) is 0.777. The van der Waals surface area contributed by atoms with Crippen LogP contribution in [0.4, 0.5) is 0 Å². The van der Waals surface area contributed by atoms with Crippen LogP contribution in [0.2, 0.25) is 0 Å². The highest BCUT2D eigenvalue weighted by atomic mass is 16.3. The largest absolute Gasteiger partial charge is 0.385 e. The summed E-state index contributed by atoms with van der Waals surface area (Å²) in [5.74, 6) is -0.0317. The summed E-state index contributed by atoms with van der Waals surface area (Å²) in [5.41, 5.74) is 0.857. The molecular formula is C13H22O2. The van der Waals surface area contributed by atoms with Gasteiger partial charge in [-0.15, -0.1) is 0 Å². The molecule has 1 rings (SSSR count). The topological polar surface area (TPSA) is 37.3 Å². The zero-order valence-electron chi connectivity index (χ0n) is 9.83.